The van der Waals surface area contributed by atoms with E-state index in [1.54, 1.807) is 12.1 Å². The van der Waals surface area contributed by atoms with Gasteiger partial charge in [-0.1, -0.05) is 36.0 Å². The summed E-state index contributed by atoms with van der Waals surface area (Å²) in [6, 6.07) is 14.7. The molecule has 5 nitrogen and oxygen atoms in total. The van der Waals surface area contributed by atoms with Crippen molar-refractivity contribution >= 4 is 28.7 Å². The molecule has 0 aliphatic rings. The summed E-state index contributed by atoms with van der Waals surface area (Å²) in [6.45, 7) is -1.75. The zero-order valence-electron chi connectivity index (χ0n) is 15.7. The zero-order chi connectivity index (χ0) is 21.6. The van der Waals surface area contributed by atoms with E-state index < -0.39 is 24.9 Å². The van der Waals surface area contributed by atoms with Crippen LogP contribution < -0.4 is 5.32 Å². The zero-order valence-corrected chi connectivity index (χ0v) is 16.5. The maximum absolute atomic E-state index is 12.7. The lowest BCUT2D eigenvalue weighted by molar-refractivity contribution is -0.165. The Kier molecular flexibility index (Phi) is 7.33. The van der Waals surface area contributed by atoms with Crippen molar-refractivity contribution in [3.05, 3.63) is 59.7 Å². The molecule has 0 saturated carbocycles. The fourth-order valence-electron chi connectivity index (χ4n) is 2.51. The molecule has 0 spiro atoms. The molecule has 3 aromatic rings. The van der Waals surface area contributed by atoms with E-state index in [9.17, 15) is 22.4 Å². The molecule has 0 saturated heterocycles. The maximum atomic E-state index is 12.7. The van der Waals surface area contributed by atoms with Gasteiger partial charge in [-0.15, -0.1) is 0 Å². The van der Waals surface area contributed by atoms with Gasteiger partial charge in [-0.25, -0.2) is 13.8 Å². The van der Waals surface area contributed by atoms with Crippen LogP contribution in [0.1, 0.15) is 15.9 Å². The number of hydrogen-bond donors (Lipinski definition) is 2. The van der Waals surface area contributed by atoms with Gasteiger partial charge in [0.05, 0.1) is 17.6 Å². The topological polar surface area (TPSA) is 67.0 Å². The van der Waals surface area contributed by atoms with E-state index >= 15 is 0 Å². The summed E-state index contributed by atoms with van der Waals surface area (Å²) in [5.41, 5.74) is 3.25. The molecular formula is C20H19F4N3O2S. The number of hydrogen-bond acceptors (Lipinski definition) is 4. The Morgan fingerprint density at radius 3 is 2.60 bits per heavy atom. The molecule has 0 unspecified atom stereocenters. The average Bonchev–Trinajstić information content (AvgIpc) is 3.15. The average molecular weight is 441 g/mol. The maximum Gasteiger partial charge on any atom is 0.330 e. The molecular weight excluding hydrogens is 422 g/mol. The van der Waals surface area contributed by atoms with Crippen LogP contribution >= 0.6 is 11.8 Å². The fourth-order valence-corrected chi connectivity index (χ4v) is 3.35. The minimum Gasteiger partial charge on any atom is -0.373 e. The first kappa shape index (κ1) is 22.1. The minimum absolute atomic E-state index is 0.0677. The second-order valence-electron chi connectivity index (χ2n) is 6.41. The van der Waals surface area contributed by atoms with E-state index in [-0.39, 0.29) is 13.2 Å². The number of alkyl halides is 4. The first-order valence-corrected chi connectivity index (χ1v) is 10.0. The number of carbonyl (C=O) groups is 1. The fraction of sp³-hybridized carbons (Fsp3) is 0.300. The predicted molar refractivity (Wildman–Crippen MR) is 106 cm³/mol. The summed E-state index contributed by atoms with van der Waals surface area (Å²) in [4.78, 5) is 19.8. The molecule has 1 heterocycles. The Hall–Kier alpha value is -2.59. The predicted octanol–water partition coefficient (Wildman–Crippen LogP) is 4.50. The van der Waals surface area contributed by atoms with Crippen molar-refractivity contribution in [1.82, 2.24) is 15.3 Å². The number of aromatic nitrogens is 2. The smallest absolute Gasteiger partial charge is 0.330 e. The quantitative estimate of drug-likeness (QED) is 0.276. The number of imidazole rings is 1. The van der Waals surface area contributed by atoms with Crippen molar-refractivity contribution in [3.8, 4) is 0 Å². The lowest BCUT2D eigenvalue weighted by Gasteiger charge is -2.15. The molecule has 3 rings (SSSR count). The number of rotatable bonds is 10. The number of aromatic amines is 1. The second-order valence-corrected chi connectivity index (χ2v) is 7.38. The van der Waals surface area contributed by atoms with Crippen molar-refractivity contribution < 1.29 is 27.1 Å². The molecule has 0 atom stereocenters. The van der Waals surface area contributed by atoms with E-state index in [1.165, 1.54) is 11.8 Å². The van der Waals surface area contributed by atoms with Crippen LogP contribution in [0.2, 0.25) is 0 Å². The second kappa shape index (κ2) is 9.94. The van der Waals surface area contributed by atoms with Gasteiger partial charge >= 0.3 is 12.3 Å². The number of nitrogens with one attached hydrogen (secondary N) is 2. The van der Waals surface area contributed by atoms with Gasteiger partial charge in [0.25, 0.3) is 5.91 Å². The van der Waals surface area contributed by atoms with Gasteiger partial charge in [0.2, 0.25) is 0 Å². The summed E-state index contributed by atoms with van der Waals surface area (Å²) < 4.78 is 53.9. The first-order chi connectivity index (χ1) is 14.3. The molecule has 0 radical (unpaired) electrons. The van der Waals surface area contributed by atoms with Crippen molar-refractivity contribution in [2.24, 2.45) is 0 Å². The lowest BCUT2D eigenvalue weighted by atomic mass is 10.1. The van der Waals surface area contributed by atoms with Crippen LogP contribution in [0.15, 0.2) is 53.7 Å². The number of H-pyrrole nitrogens is 1. The molecule has 0 aliphatic carbocycles. The van der Waals surface area contributed by atoms with E-state index in [1.807, 2.05) is 36.4 Å². The van der Waals surface area contributed by atoms with Crippen LogP contribution in [0.4, 0.5) is 17.6 Å². The van der Waals surface area contributed by atoms with Gasteiger partial charge in [0.15, 0.2) is 5.16 Å². The van der Waals surface area contributed by atoms with Gasteiger partial charge in [0, 0.05) is 17.9 Å². The van der Waals surface area contributed by atoms with Crippen molar-refractivity contribution in [2.75, 3.05) is 19.8 Å². The van der Waals surface area contributed by atoms with Crippen LogP contribution in [0.3, 0.4) is 0 Å². The van der Waals surface area contributed by atoms with Crippen LogP contribution in [-0.4, -0.2) is 48.0 Å². The number of para-hydroxylation sites is 2. The molecule has 1 amide bonds. The minimum atomic E-state index is -4.19. The van der Waals surface area contributed by atoms with E-state index in [0.29, 0.717) is 11.3 Å². The standard InChI is InChI=1S/C20H19F4N3O2S/c21-18(22)20(23,24)12-29-10-9-25-17(28)14-7-5-13(6-8-14)11-30-19-26-15-3-1-2-4-16(15)27-19/h1-8,18H,9-12H2,(H,25,28)(H,26,27). The summed E-state index contributed by atoms with van der Waals surface area (Å²) in [5.74, 6) is -3.94. The molecule has 1 aromatic heterocycles. The monoisotopic (exact) mass is 441 g/mol. The van der Waals surface area contributed by atoms with Crippen molar-refractivity contribution in [2.45, 2.75) is 23.3 Å². The van der Waals surface area contributed by atoms with Crippen LogP contribution in [0, 0.1) is 0 Å². The molecule has 0 fully saturated rings. The normalized spacial score (nSPS) is 11.9. The third-order valence-corrected chi connectivity index (χ3v) is 5.05. The van der Waals surface area contributed by atoms with Crippen LogP contribution in [0.25, 0.3) is 11.0 Å². The van der Waals surface area contributed by atoms with Crippen LogP contribution in [-0.2, 0) is 10.5 Å². The van der Waals surface area contributed by atoms with E-state index in [0.717, 1.165) is 21.8 Å². The third kappa shape index (κ3) is 5.96. The van der Waals surface area contributed by atoms with Gasteiger partial charge in [0.1, 0.15) is 6.61 Å². The summed E-state index contributed by atoms with van der Waals surface area (Å²) in [7, 11) is 0. The number of nitrogens with zero attached hydrogens (tertiary/aromatic N) is 1. The Labute approximate surface area is 174 Å². The highest BCUT2D eigenvalue weighted by molar-refractivity contribution is 7.98. The lowest BCUT2D eigenvalue weighted by Crippen LogP contribution is -2.34. The summed E-state index contributed by atoms with van der Waals surface area (Å²) in [5, 5.41) is 3.29. The first-order valence-electron chi connectivity index (χ1n) is 9.03. The SMILES string of the molecule is O=C(NCCOCC(F)(F)C(F)F)c1ccc(CSc2nc3ccccc3[nH]2)cc1. The number of benzene rings is 2. The third-order valence-electron chi connectivity index (χ3n) is 4.11. The number of carbonyl (C=O) groups excluding carboxylic acids is 1. The summed E-state index contributed by atoms with van der Waals surface area (Å²) >= 11 is 1.54. The summed E-state index contributed by atoms with van der Waals surface area (Å²) in [6.07, 6.45) is -3.78. The number of ether oxygens (including phenoxy) is 1. The molecule has 0 aliphatic heterocycles. The Morgan fingerprint density at radius 1 is 1.17 bits per heavy atom. The molecule has 10 heteroatoms. The molecule has 0 bridgehead atoms. The number of thioether (sulfide) groups is 1. The van der Waals surface area contributed by atoms with Crippen molar-refractivity contribution in [1.29, 1.82) is 0 Å². The highest BCUT2D eigenvalue weighted by Gasteiger charge is 2.40. The van der Waals surface area contributed by atoms with Crippen LogP contribution in [0.5, 0.6) is 0 Å². The molecule has 2 N–H and O–H groups in total. The highest BCUT2D eigenvalue weighted by atomic mass is 32.2. The number of fused-ring (bicyclic) bond motifs is 1. The number of halogens is 4. The van der Waals surface area contributed by atoms with E-state index in [4.69, 9.17) is 0 Å². The van der Waals surface area contributed by atoms with Gasteiger partial charge < -0.3 is 15.0 Å². The molecule has 2 aromatic carbocycles. The molecule has 30 heavy (non-hydrogen) atoms. The Balaban J connectivity index is 1.41. The van der Waals surface area contributed by atoms with Gasteiger partial charge in [-0.05, 0) is 29.8 Å². The largest absolute Gasteiger partial charge is 0.373 e. The van der Waals surface area contributed by atoms with Gasteiger partial charge in [-0.3, -0.25) is 4.79 Å². The van der Waals surface area contributed by atoms with E-state index in [2.05, 4.69) is 20.0 Å². The Bertz CT molecular complexity index is 947. The van der Waals surface area contributed by atoms with Gasteiger partial charge in [-0.2, -0.15) is 8.78 Å². The Morgan fingerprint density at radius 2 is 1.90 bits per heavy atom. The van der Waals surface area contributed by atoms with Crippen molar-refractivity contribution in [3.63, 3.8) is 0 Å². The number of amides is 1. The highest BCUT2D eigenvalue weighted by Crippen LogP contribution is 2.24. The molecule has 160 valence electrons.